The molecule has 0 radical (unpaired) electrons. The Labute approximate surface area is 211 Å². The number of rotatable bonds is 5. The Morgan fingerprint density at radius 3 is 2.49 bits per heavy atom. The van der Waals surface area contributed by atoms with Crippen molar-refractivity contribution in [2.75, 3.05) is 5.32 Å². The molecule has 0 aliphatic rings. The van der Waals surface area contributed by atoms with Crippen LogP contribution in [-0.2, 0) is 15.7 Å². The van der Waals surface area contributed by atoms with Gasteiger partial charge >= 0.3 is 12.1 Å². The summed E-state index contributed by atoms with van der Waals surface area (Å²) >= 11 is 13.3. The van der Waals surface area contributed by atoms with Gasteiger partial charge < -0.3 is 10.1 Å². The number of ether oxygens (including phenoxy) is 1. The van der Waals surface area contributed by atoms with Crippen LogP contribution in [0.1, 0.15) is 22.8 Å². The van der Waals surface area contributed by atoms with Crippen LogP contribution in [0.25, 0.3) is 21.5 Å². The van der Waals surface area contributed by atoms with Crippen LogP contribution in [-0.4, -0.2) is 23.0 Å². The number of aromatic nitrogens is 1. The summed E-state index contributed by atoms with van der Waals surface area (Å²) in [5.74, 6) is -1.64. The first-order valence-electron chi connectivity index (χ1n) is 10.1. The third-order valence-electron chi connectivity index (χ3n) is 4.97. The molecule has 180 valence electrons. The van der Waals surface area contributed by atoms with E-state index in [-0.39, 0.29) is 16.3 Å². The van der Waals surface area contributed by atoms with Crippen LogP contribution in [0.4, 0.5) is 18.9 Å². The molecule has 2 heterocycles. The molecule has 4 rings (SSSR count). The Morgan fingerprint density at radius 1 is 1.06 bits per heavy atom. The number of alkyl halides is 3. The van der Waals surface area contributed by atoms with E-state index in [1.807, 2.05) is 0 Å². The molecule has 11 heteroatoms. The number of carbonyl (C=O) groups is 2. The van der Waals surface area contributed by atoms with Gasteiger partial charge in [0, 0.05) is 5.39 Å². The standard InChI is InChI=1S/C24H15Cl2F3N2O3S/c1-12(22(32)31-18-10-13(24(27,28)29)6-7-16(18)25)34-23(33)15-11-19(20-8-9-21(26)35-20)30-17-5-3-2-4-14(15)17/h2-12H,1H3,(H,31,32). The van der Waals surface area contributed by atoms with Crippen molar-refractivity contribution in [1.29, 1.82) is 0 Å². The maximum Gasteiger partial charge on any atom is 0.416 e. The van der Waals surface area contributed by atoms with Gasteiger partial charge in [0.1, 0.15) is 0 Å². The normalized spacial score (nSPS) is 12.4. The third-order valence-corrected chi connectivity index (χ3v) is 6.55. The van der Waals surface area contributed by atoms with E-state index in [2.05, 4.69) is 10.3 Å². The van der Waals surface area contributed by atoms with Gasteiger partial charge in [-0.1, -0.05) is 41.4 Å². The van der Waals surface area contributed by atoms with Crippen LogP contribution in [0.2, 0.25) is 9.36 Å². The monoisotopic (exact) mass is 538 g/mol. The largest absolute Gasteiger partial charge is 0.449 e. The first kappa shape index (κ1) is 25.0. The van der Waals surface area contributed by atoms with Crippen LogP contribution in [0.5, 0.6) is 0 Å². The van der Waals surface area contributed by atoms with E-state index in [9.17, 15) is 22.8 Å². The van der Waals surface area contributed by atoms with E-state index in [4.69, 9.17) is 27.9 Å². The molecule has 35 heavy (non-hydrogen) atoms. The van der Waals surface area contributed by atoms with E-state index >= 15 is 0 Å². The molecule has 0 fully saturated rings. The number of benzene rings is 2. The van der Waals surface area contributed by atoms with Crippen molar-refractivity contribution in [2.24, 2.45) is 0 Å². The molecule has 1 N–H and O–H groups in total. The lowest BCUT2D eigenvalue weighted by atomic mass is 10.1. The molecule has 0 spiro atoms. The minimum Gasteiger partial charge on any atom is -0.449 e. The lowest BCUT2D eigenvalue weighted by Gasteiger charge is -2.16. The van der Waals surface area contributed by atoms with Crippen molar-refractivity contribution >= 4 is 63.0 Å². The summed E-state index contributed by atoms with van der Waals surface area (Å²) in [5, 5.41) is 2.70. The van der Waals surface area contributed by atoms with E-state index in [0.29, 0.717) is 27.0 Å². The van der Waals surface area contributed by atoms with Crippen LogP contribution >= 0.6 is 34.5 Å². The Balaban J connectivity index is 1.58. The fourth-order valence-corrected chi connectivity index (χ4v) is 4.40. The SMILES string of the molecule is CC(OC(=O)c1cc(-c2ccc(Cl)s2)nc2ccccc12)C(=O)Nc1cc(C(F)(F)F)ccc1Cl. The van der Waals surface area contributed by atoms with E-state index in [1.54, 1.807) is 42.5 Å². The summed E-state index contributed by atoms with van der Waals surface area (Å²) in [4.78, 5) is 30.9. The zero-order chi connectivity index (χ0) is 25.3. The molecule has 0 saturated heterocycles. The molecular formula is C24H15Cl2F3N2O3S. The number of hydrogen-bond donors (Lipinski definition) is 1. The smallest absolute Gasteiger partial charge is 0.416 e. The number of para-hydroxylation sites is 1. The first-order chi connectivity index (χ1) is 16.5. The summed E-state index contributed by atoms with van der Waals surface area (Å²) in [6.45, 7) is 1.30. The number of halogens is 5. The number of pyridine rings is 1. The molecule has 4 aromatic rings. The molecular weight excluding hydrogens is 524 g/mol. The van der Waals surface area contributed by atoms with Crippen molar-refractivity contribution in [3.63, 3.8) is 0 Å². The second kappa shape index (κ2) is 9.85. The van der Waals surface area contributed by atoms with Gasteiger partial charge in [-0.3, -0.25) is 4.79 Å². The number of fused-ring (bicyclic) bond motifs is 1. The van der Waals surface area contributed by atoms with Gasteiger partial charge in [0.15, 0.2) is 6.10 Å². The minimum atomic E-state index is -4.62. The summed E-state index contributed by atoms with van der Waals surface area (Å²) in [5.41, 5.74) is -0.0199. The third kappa shape index (κ3) is 5.58. The van der Waals surface area contributed by atoms with Gasteiger partial charge in [0.2, 0.25) is 0 Å². The highest BCUT2D eigenvalue weighted by Crippen LogP contribution is 2.34. The number of nitrogens with one attached hydrogen (secondary N) is 1. The van der Waals surface area contributed by atoms with Crippen molar-refractivity contribution in [3.8, 4) is 10.6 Å². The fourth-order valence-electron chi connectivity index (χ4n) is 3.23. The average molecular weight is 539 g/mol. The Kier molecular flexibility index (Phi) is 7.02. The average Bonchev–Trinajstić information content (AvgIpc) is 3.25. The Hall–Kier alpha value is -3.14. The lowest BCUT2D eigenvalue weighted by molar-refractivity contribution is -0.137. The topological polar surface area (TPSA) is 68.3 Å². The zero-order valence-corrected chi connectivity index (χ0v) is 20.1. The molecule has 0 bridgehead atoms. The number of amides is 1. The van der Waals surface area contributed by atoms with Crippen molar-refractivity contribution in [1.82, 2.24) is 4.98 Å². The second-order valence-electron chi connectivity index (χ2n) is 7.41. The van der Waals surface area contributed by atoms with Gasteiger partial charge in [-0.05, 0) is 49.4 Å². The molecule has 5 nitrogen and oxygen atoms in total. The van der Waals surface area contributed by atoms with Gasteiger partial charge in [0.05, 0.1) is 42.3 Å². The highest BCUT2D eigenvalue weighted by Gasteiger charge is 2.31. The number of carbonyl (C=O) groups excluding carboxylic acids is 2. The summed E-state index contributed by atoms with van der Waals surface area (Å²) < 4.78 is 44.9. The van der Waals surface area contributed by atoms with Crippen LogP contribution in [0, 0.1) is 0 Å². The van der Waals surface area contributed by atoms with Gasteiger partial charge in [0.25, 0.3) is 5.91 Å². The summed E-state index contributed by atoms with van der Waals surface area (Å²) in [7, 11) is 0. The van der Waals surface area contributed by atoms with E-state index < -0.39 is 29.7 Å². The molecule has 1 atom stereocenters. The maximum atomic E-state index is 13.0. The quantitative estimate of drug-likeness (QED) is 0.267. The molecule has 1 unspecified atom stereocenters. The van der Waals surface area contributed by atoms with Gasteiger partial charge in [-0.25, -0.2) is 9.78 Å². The Bertz CT molecular complexity index is 1440. The Morgan fingerprint density at radius 2 is 1.80 bits per heavy atom. The van der Waals surface area contributed by atoms with Crippen molar-refractivity contribution in [3.05, 3.63) is 81.1 Å². The van der Waals surface area contributed by atoms with Crippen LogP contribution in [0.3, 0.4) is 0 Å². The number of esters is 1. The molecule has 0 aliphatic carbocycles. The molecule has 2 aromatic carbocycles. The number of thiophene rings is 1. The number of nitrogens with zero attached hydrogens (tertiary/aromatic N) is 1. The van der Waals surface area contributed by atoms with Gasteiger partial charge in [-0.2, -0.15) is 13.2 Å². The molecule has 2 aromatic heterocycles. The number of hydrogen-bond acceptors (Lipinski definition) is 5. The predicted octanol–water partition coefficient (Wildman–Crippen LogP) is 7.47. The van der Waals surface area contributed by atoms with Gasteiger partial charge in [-0.15, -0.1) is 11.3 Å². The minimum absolute atomic E-state index is 0.0933. The van der Waals surface area contributed by atoms with E-state index in [0.717, 1.165) is 17.0 Å². The second-order valence-corrected chi connectivity index (χ2v) is 9.53. The van der Waals surface area contributed by atoms with Crippen LogP contribution < -0.4 is 5.32 Å². The lowest BCUT2D eigenvalue weighted by Crippen LogP contribution is -2.30. The zero-order valence-electron chi connectivity index (χ0n) is 17.8. The van der Waals surface area contributed by atoms with Crippen molar-refractivity contribution in [2.45, 2.75) is 19.2 Å². The fraction of sp³-hybridized carbons (Fsp3) is 0.125. The molecule has 0 saturated carbocycles. The number of anilines is 1. The highest BCUT2D eigenvalue weighted by molar-refractivity contribution is 7.19. The van der Waals surface area contributed by atoms with E-state index in [1.165, 1.54) is 18.3 Å². The maximum absolute atomic E-state index is 13.0. The summed E-state index contributed by atoms with van der Waals surface area (Å²) in [6.07, 6.45) is -5.95. The predicted molar refractivity (Wildman–Crippen MR) is 130 cm³/mol. The molecule has 1 amide bonds. The summed E-state index contributed by atoms with van der Waals surface area (Å²) in [6, 6.07) is 14.5. The first-order valence-corrected chi connectivity index (χ1v) is 11.6. The highest BCUT2D eigenvalue weighted by atomic mass is 35.5. The van der Waals surface area contributed by atoms with Crippen LogP contribution in [0.15, 0.2) is 60.7 Å². The van der Waals surface area contributed by atoms with Crippen molar-refractivity contribution < 1.29 is 27.5 Å². The molecule has 0 aliphatic heterocycles.